The van der Waals surface area contributed by atoms with Gasteiger partial charge in [0.2, 0.25) is 10.0 Å². The Morgan fingerprint density at radius 2 is 1.57 bits per heavy atom. The minimum Gasteiger partial charge on any atom is -0.395 e. The topological polar surface area (TPSA) is 60.9 Å². The van der Waals surface area contributed by atoms with E-state index in [9.17, 15) is 21.6 Å². The lowest BCUT2D eigenvalue weighted by Gasteiger charge is -2.33. The average molecular weight is 324 g/mol. The monoisotopic (exact) mass is 324 g/mol. The number of rotatable bonds is 4. The highest BCUT2D eigenvalue weighted by Gasteiger charge is 2.33. The predicted molar refractivity (Wildman–Crippen MR) is 68.6 cm³/mol. The fourth-order valence-electron chi connectivity index (χ4n) is 2.24. The fourth-order valence-corrected chi connectivity index (χ4v) is 3.75. The van der Waals surface area contributed by atoms with Crippen LogP contribution in [0.3, 0.4) is 0 Å². The number of aliphatic hydroxyl groups is 1. The Labute approximate surface area is 120 Å². The zero-order valence-electron chi connectivity index (χ0n) is 11.1. The van der Waals surface area contributed by atoms with Crippen LogP contribution < -0.4 is 0 Å². The van der Waals surface area contributed by atoms with E-state index >= 15 is 0 Å². The first-order chi connectivity index (χ1) is 9.86. The van der Waals surface area contributed by atoms with Gasteiger partial charge in [0.25, 0.3) is 0 Å². The fraction of sp³-hybridized carbons (Fsp3) is 0.500. The van der Waals surface area contributed by atoms with Crippen molar-refractivity contribution >= 4 is 10.0 Å². The van der Waals surface area contributed by atoms with Crippen molar-refractivity contribution in [3.8, 4) is 0 Å². The number of β-amino-alcohol motifs (C(OH)–C–C–N with tert-alkyl or cyclic N) is 1. The van der Waals surface area contributed by atoms with Gasteiger partial charge < -0.3 is 5.11 Å². The Bertz CT molecular complexity index is 593. The molecule has 0 aromatic heterocycles. The van der Waals surface area contributed by atoms with E-state index in [-0.39, 0.29) is 19.7 Å². The van der Waals surface area contributed by atoms with Gasteiger partial charge >= 0.3 is 0 Å². The standard InChI is InChI=1S/C12H15F3N2O3S/c13-9-7-10(14)12(11(15)8-9)21(19,20)17-3-1-16(2-4-17)5-6-18/h7-8,18H,1-6H2. The maximum absolute atomic E-state index is 13.6. The highest BCUT2D eigenvalue weighted by atomic mass is 32.2. The van der Waals surface area contributed by atoms with Gasteiger partial charge in [0.1, 0.15) is 17.5 Å². The van der Waals surface area contributed by atoms with Crippen LogP contribution in [0.5, 0.6) is 0 Å². The van der Waals surface area contributed by atoms with E-state index in [1.54, 1.807) is 0 Å². The Morgan fingerprint density at radius 1 is 1.05 bits per heavy atom. The van der Waals surface area contributed by atoms with Crippen LogP contribution in [0, 0.1) is 17.5 Å². The second-order valence-electron chi connectivity index (χ2n) is 4.67. The summed E-state index contributed by atoms with van der Waals surface area (Å²) in [6.07, 6.45) is 0. The first-order valence-corrected chi connectivity index (χ1v) is 7.78. The summed E-state index contributed by atoms with van der Waals surface area (Å²) in [6.45, 7) is 1.17. The second-order valence-corrected chi connectivity index (χ2v) is 6.54. The third kappa shape index (κ3) is 3.37. The van der Waals surface area contributed by atoms with Gasteiger partial charge in [-0.15, -0.1) is 0 Å². The lowest BCUT2D eigenvalue weighted by Crippen LogP contribution is -2.49. The second kappa shape index (κ2) is 6.30. The molecule has 5 nitrogen and oxygen atoms in total. The van der Waals surface area contributed by atoms with Crippen LogP contribution in [0.4, 0.5) is 13.2 Å². The molecule has 1 fully saturated rings. The van der Waals surface area contributed by atoms with Gasteiger partial charge in [-0.3, -0.25) is 4.90 Å². The molecule has 0 atom stereocenters. The highest BCUT2D eigenvalue weighted by molar-refractivity contribution is 7.89. The summed E-state index contributed by atoms with van der Waals surface area (Å²) < 4.78 is 65.6. The largest absolute Gasteiger partial charge is 0.395 e. The Balaban J connectivity index is 2.24. The minimum absolute atomic E-state index is 0.0477. The number of benzene rings is 1. The summed E-state index contributed by atoms with van der Waals surface area (Å²) in [5, 5.41) is 8.81. The van der Waals surface area contributed by atoms with Crippen molar-refractivity contribution in [3.05, 3.63) is 29.6 Å². The molecule has 0 saturated carbocycles. The molecular weight excluding hydrogens is 309 g/mol. The van der Waals surface area contributed by atoms with Crippen molar-refractivity contribution in [1.29, 1.82) is 0 Å². The maximum atomic E-state index is 13.6. The molecule has 0 aliphatic carbocycles. The van der Waals surface area contributed by atoms with Gasteiger partial charge in [-0.2, -0.15) is 4.31 Å². The number of piperazine rings is 1. The summed E-state index contributed by atoms with van der Waals surface area (Å²) >= 11 is 0. The van der Waals surface area contributed by atoms with Crippen molar-refractivity contribution < 1.29 is 26.7 Å². The van der Waals surface area contributed by atoms with E-state index in [1.807, 2.05) is 4.90 Å². The first kappa shape index (κ1) is 16.2. The highest BCUT2D eigenvalue weighted by Crippen LogP contribution is 2.24. The van der Waals surface area contributed by atoms with E-state index in [4.69, 9.17) is 5.11 Å². The molecule has 2 rings (SSSR count). The van der Waals surface area contributed by atoms with Crippen molar-refractivity contribution in [1.82, 2.24) is 9.21 Å². The van der Waals surface area contributed by atoms with E-state index < -0.39 is 32.4 Å². The Kier molecular flexibility index (Phi) is 4.87. The molecule has 0 bridgehead atoms. The molecule has 1 aromatic carbocycles. The molecule has 1 aliphatic heterocycles. The average Bonchev–Trinajstić information content (AvgIpc) is 2.38. The molecule has 1 N–H and O–H groups in total. The molecule has 1 heterocycles. The van der Waals surface area contributed by atoms with Crippen LogP contribution in [0.1, 0.15) is 0 Å². The molecule has 118 valence electrons. The number of hydrogen-bond donors (Lipinski definition) is 1. The lowest BCUT2D eigenvalue weighted by molar-refractivity contribution is 0.151. The third-order valence-corrected chi connectivity index (χ3v) is 5.26. The van der Waals surface area contributed by atoms with Gasteiger partial charge in [-0.05, 0) is 0 Å². The van der Waals surface area contributed by atoms with Gasteiger partial charge in [-0.1, -0.05) is 0 Å². The molecule has 0 spiro atoms. The van der Waals surface area contributed by atoms with E-state index in [2.05, 4.69) is 0 Å². The normalized spacial score (nSPS) is 18.1. The number of hydrogen-bond acceptors (Lipinski definition) is 4. The van der Waals surface area contributed by atoms with E-state index in [0.29, 0.717) is 31.8 Å². The molecule has 0 radical (unpaired) electrons. The summed E-state index contributed by atoms with van der Waals surface area (Å²) in [4.78, 5) is 0.711. The van der Waals surface area contributed by atoms with Crippen molar-refractivity contribution in [2.75, 3.05) is 39.3 Å². The van der Waals surface area contributed by atoms with E-state index in [0.717, 1.165) is 4.31 Å². The van der Waals surface area contributed by atoms with Crippen molar-refractivity contribution in [3.63, 3.8) is 0 Å². The molecule has 1 aliphatic rings. The van der Waals surface area contributed by atoms with Gasteiger partial charge in [0.05, 0.1) is 6.61 Å². The van der Waals surface area contributed by atoms with Crippen LogP contribution in [0.15, 0.2) is 17.0 Å². The van der Waals surface area contributed by atoms with Crippen LogP contribution in [-0.4, -0.2) is 62.1 Å². The number of sulfonamides is 1. The summed E-state index contributed by atoms with van der Waals surface area (Å²) in [5.41, 5.74) is 0. The lowest BCUT2D eigenvalue weighted by atomic mass is 10.3. The van der Waals surface area contributed by atoms with Crippen LogP contribution in [-0.2, 0) is 10.0 Å². The molecular formula is C12H15F3N2O3S. The van der Waals surface area contributed by atoms with Crippen LogP contribution in [0.25, 0.3) is 0 Å². The summed E-state index contributed by atoms with van der Waals surface area (Å²) in [6, 6.07) is 0.690. The molecule has 0 unspecified atom stereocenters. The van der Waals surface area contributed by atoms with Gasteiger partial charge in [0, 0.05) is 44.9 Å². The molecule has 1 saturated heterocycles. The SMILES string of the molecule is O=S(=O)(c1c(F)cc(F)cc1F)N1CCN(CCO)CC1. The molecule has 21 heavy (non-hydrogen) atoms. The molecule has 9 heteroatoms. The van der Waals surface area contributed by atoms with Gasteiger partial charge in [0.15, 0.2) is 4.90 Å². The number of halogens is 3. The maximum Gasteiger partial charge on any atom is 0.249 e. The zero-order chi connectivity index (χ0) is 15.6. The predicted octanol–water partition coefficient (Wildman–Crippen LogP) is 0.403. The molecule has 0 amide bonds. The first-order valence-electron chi connectivity index (χ1n) is 6.34. The minimum atomic E-state index is -4.35. The molecule has 1 aromatic rings. The quantitative estimate of drug-likeness (QED) is 0.871. The smallest absolute Gasteiger partial charge is 0.249 e. The third-order valence-electron chi connectivity index (χ3n) is 3.31. The summed E-state index contributed by atoms with van der Waals surface area (Å²) in [7, 11) is -4.35. The van der Waals surface area contributed by atoms with Crippen molar-refractivity contribution in [2.45, 2.75) is 4.90 Å². The Hall–Kier alpha value is -1.16. The van der Waals surface area contributed by atoms with Crippen molar-refractivity contribution in [2.24, 2.45) is 0 Å². The number of nitrogens with zero attached hydrogens (tertiary/aromatic N) is 2. The Morgan fingerprint density at radius 3 is 2.05 bits per heavy atom. The summed E-state index contributed by atoms with van der Waals surface area (Å²) in [5.74, 6) is -4.05. The van der Waals surface area contributed by atoms with Crippen LogP contribution in [0.2, 0.25) is 0 Å². The number of aliphatic hydroxyl groups excluding tert-OH is 1. The van der Waals surface area contributed by atoms with E-state index in [1.165, 1.54) is 0 Å². The van der Waals surface area contributed by atoms with Gasteiger partial charge in [-0.25, -0.2) is 21.6 Å². The zero-order valence-corrected chi connectivity index (χ0v) is 11.9. The van der Waals surface area contributed by atoms with Crippen LogP contribution >= 0.6 is 0 Å².